The van der Waals surface area contributed by atoms with Crippen LogP contribution in [0.4, 0.5) is 5.69 Å². The van der Waals surface area contributed by atoms with Gasteiger partial charge in [-0.2, -0.15) is 0 Å². The molecule has 1 aromatic heterocycles. The van der Waals surface area contributed by atoms with Crippen molar-refractivity contribution in [2.24, 2.45) is 0 Å². The van der Waals surface area contributed by atoms with Gasteiger partial charge in [-0.15, -0.1) is 0 Å². The van der Waals surface area contributed by atoms with Gasteiger partial charge < -0.3 is 14.6 Å². The van der Waals surface area contributed by atoms with Gasteiger partial charge in [0.1, 0.15) is 5.75 Å². The smallest absolute Gasteiger partial charge is 0.119 e. The van der Waals surface area contributed by atoms with Crippen molar-refractivity contribution in [1.82, 2.24) is 4.98 Å². The zero-order chi connectivity index (χ0) is 11.7. The molecule has 1 N–H and O–H groups in total. The van der Waals surface area contributed by atoms with Crippen LogP contribution in [-0.4, -0.2) is 25.2 Å². The van der Waals surface area contributed by atoms with Crippen LogP contribution in [0, 0.1) is 0 Å². The summed E-state index contributed by atoms with van der Waals surface area (Å²) in [6.45, 7) is 2.34. The Labute approximate surface area is 101 Å². The summed E-state index contributed by atoms with van der Waals surface area (Å²) in [4.78, 5) is 5.81. The molecule has 17 heavy (non-hydrogen) atoms. The molecule has 0 radical (unpaired) electrons. The predicted octanol–water partition coefficient (Wildman–Crippen LogP) is 3.17. The SMILES string of the molecule is COc1ccc2[nH]cc(N3CCCCC3)c2c1. The molecule has 90 valence electrons. The second-order valence-electron chi connectivity index (χ2n) is 4.63. The van der Waals surface area contributed by atoms with Gasteiger partial charge in [0, 0.05) is 30.2 Å². The highest BCUT2D eigenvalue weighted by atomic mass is 16.5. The third-order valence-corrected chi connectivity index (χ3v) is 3.56. The zero-order valence-corrected chi connectivity index (χ0v) is 10.2. The zero-order valence-electron chi connectivity index (χ0n) is 10.2. The number of aromatic amines is 1. The lowest BCUT2D eigenvalue weighted by molar-refractivity contribution is 0.415. The van der Waals surface area contributed by atoms with Crippen LogP contribution in [0.2, 0.25) is 0 Å². The van der Waals surface area contributed by atoms with E-state index in [1.54, 1.807) is 7.11 Å². The van der Waals surface area contributed by atoms with E-state index in [1.165, 1.54) is 48.9 Å². The Morgan fingerprint density at radius 1 is 1.18 bits per heavy atom. The summed E-state index contributed by atoms with van der Waals surface area (Å²) in [5.41, 5.74) is 2.50. The first-order valence-electron chi connectivity index (χ1n) is 6.28. The van der Waals surface area contributed by atoms with Crippen molar-refractivity contribution >= 4 is 16.6 Å². The Morgan fingerprint density at radius 2 is 2.00 bits per heavy atom. The summed E-state index contributed by atoms with van der Waals surface area (Å²) >= 11 is 0. The molecule has 0 aliphatic carbocycles. The summed E-state index contributed by atoms with van der Waals surface area (Å²) < 4.78 is 5.30. The second kappa shape index (κ2) is 4.32. The quantitative estimate of drug-likeness (QED) is 0.858. The number of benzene rings is 1. The maximum Gasteiger partial charge on any atom is 0.119 e. The minimum absolute atomic E-state index is 0.926. The van der Waals surface area contributed by atoms with Gasteiger partial charge in [0.05, 0.1) is 12.8 Å². The molecule has 0 spiro atoms. The maximum atomic E-state index is 5.30. The van der Waals surface area contributed by atoms with Crippen LogP contribution in [0.1, 0.15) is 19.3 Å². The van der Waals surface area contributed by atoms with Crippen molar-refractivity contribution in [1.29, 1.82) is 0 Å². The molecule has 2 aromatic rings. The second-order valence-corrected chi connectivity index (χ2v) is 4.63. The number of aromatic nitrogens is 1. The number of fused-ring (bicyclic) bond motifs is 1. The minimum Gasteiger partial charge on any atom is -0.497 e. The van der Waals surface area contributed by atoms with Crippen LogP contribution in [0.3, 0.4) is 0 Å². The summed E-state index contributed by atoms with van der Waals surface area (Å²) in [5.74, 6) is 0.926. The number of ether oxygens (including phenoxy) is 1. The topological polar surface area (TPSA) is 28.3 Å². The van der Waals surface area contributed by atoms with Crippen molar-refractivity contribution < 1.29 is 4.74 Å². The van der Waals surface area contributed by atoms with Gasteiger partial charge in [0.2, 0.25) is 0 Å². The van der Waals surface area contributed by atoms with Gasteiger partial charge >= 0.3 is 0 Å². The Morgan fingerprint density at radius 3 is 2.76 bits per heavy atom. The average molecular weight is 230 g/mol. The third kappa shape index (κ3) is 1.86. The molecule has 1 aliphatic rings. The summed E-state index contributed by atoms with van der Waals surface area (Å²) in [6.07, 6.45) is 6.09. The van der Waals surface area contributed by atoms with Crippen molar-refractivity contribution in [3.8, 4) is 5.75 Å². The highest BCUT2D eigenvalue weighted by Crippen LogP contribution is 2.31. The van der Waals surface area contributed by atoms with Crippen LogP contribution >= 0.6 is 0 Å². The average Bonchev–Trinajstić information content (AvgIpc) is 2.82. The van der Waals surface area contributed by atoms with Crippen molar-refractivity contribution in [3.63, 3.8) is 0 Å². The summed E-state index contributed by atoms with van der Waals surface area (Å²) in [7, 11) is 1.72. The molecule has 3 rings (SSSR count). The van der Waals surface area contributed by atoms with E-state index in [4.69, 9.17) is 4.74 Å². The molecule has 1 aliphatic heterocycles. The number of H-pyrrole nitrogens is 1. The van der Waals surface area contributed by atoms with E-state index in [1.807, 2.05) is 6.07 Å². The fraction of sp³-hybridized carbons (Fsp3) is 0.429. The summed E-state index contributed by atoms with van der Waals surface area (Å²) in [6, 6.07) is 6.20. The summed E-state index contributed by atoms with van der Waals surface area (Å²) in [5, 5.41) is 1.27. The molecule has 3 nitrogen and oxygen atoms in total. The van der Waals surface area contributed by atoms with E-state index in [-0.39, 0.29) is 0 Å². The number of rotatable bonds is 2. The van der Waals surface area contributed by atoms with Gasteiger partial charge in [-0.1, -0.05) is 0 Å². The molecule has 1 aromatic carbocycles. The van der Waals surface area contributed by atoms with E-state index < -0.39 is 0 Å². The van der Waals surface area contributed by atoms with Gasteiger partial charge in [0.15, 0.2) is 0 Å². The van der Waals surface area contributed by atoms with E-state index in [9.17, 15) is 0 Å². The Balaban J connectivity index is 2.02. The van der Waals surface area contributed by atoms with Crippen LogP contribution in [0.25, 0.3) is 10.9 Å². The van der Waals surface area contributed by atoms with Crippen molar-refractivity contribution in [2.75, 3.05) is 25.1 Å². The first-order valence-corrected chi connectivity index (χ1v) is 6.28. The van der Waals surface area contributed by atoms with Crippen LogP contribution in [0.5, 0.6) is 5.75 Å². The van der Waals surface area contributed by atoms with Gasteiger partial charge in [0.25, 0.3) is 0 Å². The molecule has 1 saturated heterocycles. The molecule has 3 heteroatoms. The molecular weight excluding hydrogens is 212 g/mol. The molecule has 0 bridgehead atoms. The maximum absolute atomic E-state index is 5.30. The molecule has 1 fully saturated rings. The van der Waals surface area contributed by atoms with Gasteiger partial charge in [-0.05, 0) is 37.5 Å². The van der Waals surface area contributed by atoms with Crippen molar-refractivity contribution in [2.45, 2.75) is 19.3 Å². The number of piperidine rings is 1. The molecule has 0 unspecified atom stereocenters. The fourth-order valence-corrected chi connectivity index (χ4v) is 2.61. The van der Waals surface area contributed by atoms with Crippen LogP contribution in [-0.2, 0) is 0 Å². The fourth-order valence-electron chi connectivity index (χ4n) is 2.61. The molecular formula is C14H18N2O. The first kappa shape index (κ1) is 10.5. The van der Waals surface area contributed by atoms with E-state index >= 15 is 0 Å². The van der Waals surface area contributed by atoms with Crippen LogP contribution in [0.15, 0.2) is 24.4 Å². The largest absolute Gasteiger partial charge is 0.497 e. The normalized spacial score (nSPS) is 16.4. The number of anilines is 1. The highest BCUT2D eigenvalue weighted by Gasteiger charge is 2.14. The molecule has 0 atom stereocenters. The number of hydrogen-bond acceptors (Lipinski definition) is 2. The molecule has 0 amide bonds. The predicted molar refractivity (Wildman–Crippen MR) is 70.9 cm³/mol. The standard InChI is InChI=1S/C14H18N2O/c1-17-11-5-6-13-12(9-11)14(10-15-13)16-7-3-2-4-8-16/h5-6,9-10,15H,2-4,7-8H2,1H3. The lowest BCUT2D eigenvalue weighted by Gasteiger charge is -2.28. The van der Waals surface area contributed by atoms with E-state index in [0.29, 0.717) is 0 Å². The Bertz CT molecular complexity index is 512. The Kier molecular flexibility index (Phi) is 2.67. The number of methoxy groups -OCH3 is 1. The number of nitrogens with zero attached hydrogens (tertiary/aromatic N) is 1. The minimum atomic E-state index is 0.926. The lowest BCUT2D eigenvalue weighted by atomic mass is 10.1. The van der Waals surface area contributed by atoms with Crippen LogP contribution < -0.4 is 9.64 Å². The van der Waals surface area contributed by atoms with E-state index in [0.717, 1.165) is 5.75 Å². The highest BCUT2D eigenvalue weighted by molar-refractivity contribution is 5.93. The number of hydrogen-bond donors (Lipinski definition) is 1. The van der Waals surface area contributed by atoms with Gasteiger partial charge in [-0.25, -0.2) is 0 Å². The van der Waals surface area contributed by atoms with Gasteiger partial charge in [-0.3, -0.25) is 0 Å². The Hall–Kier alpha value is -1.64. The monoisotopic (exact) mass is 230 g/mol. The van der Waals surface area contributed by atoms with Crippen molar-refractivity contribution in [3.05, 3.63) is 24.4 Å². The molecule has 0 saturated carbocycles. The number of nitrogens with one attached hydrogen (secondary N) is 1. The van der Waals surface area contributed by atoms with E-state index in [2.05, 4.69) is 28.2 Å². The first-order chi connectivity index (χ1) is 8.38. The molecule has 2 heterocycles. The third-order valence-electron chi connectivity index (χ3n) is 3.56. The lowest BCUT2D eigenvalue weighted by Crippen LogP contribution is -2.29.